The van der Waals surface area contributed by atoms with Crippen molar-refractivity contribution in [3.63, 3.8) is 0 Å². The fourth-order valence-corrected chi connectivity index (χ4v) is 3.62. The Kier molecular flexibility index (Phi) is 5.61. The van der Waals surface area contributed by atoms with E-state index >= 15 is 0 Å². The molecule has 166 valence electrons. The highest BCUT2D eigenvalue weighted by molar-refractivity contribution is 6.35. The second-order valence-corrected chi connectivity index (χ2v) is 7.29. The highest BCUT2D eigenvalue weighted by Gasteiger charge is 2.42. The minimum Gasteiger partial charge on any atom is -0.497 e. The molecule has 0 N–H and O–H groups in total. The molecule has 0 aromatic heterocycles. The van der Waals surface area contributed by atoms with Crippen molar-refractivity contribution in [2.24, 2.45) is 0 Å². The summed E-state index contributed by atoms with van der Waals surface area (Å²) in [5.41, 5.74) is 0.627. The van der Waals surface area contributed by atoms with Crippen LogP contribution in [0.2, 0.25) is 0 Å². The quantitative estimate of drug-likeness (QED) is 0.233. The molecule has 0 spiro atoms. The van der Waals surface area contributed by atoms with Gasteiger partial charge in [0.1, 0.15) is 17.1 Å². The lowest BCUT2D eigenvalue weighted by molar-refractivity contribution is -0.385. The Morgan fingerprint density at radius 2 is 1.70 bits per heavy atom. The molecule has 0 fully saturated rings. The van der Waals surface area contributed by atoms with Gasteiger partial charge in [0.2, 0.25) is 0 Å². The number of anilines is 1. The van der Waals surface area contributed by atoms with E-state index in [1.165, 1.54) is 37.4 Å². The van der Waals surface area contributed by atoms with Crippen molar-refractivity contribution in [3.05, 3.63) is 93.0 Å². The number of nitro groups is 1. The summed E-state index contributed by atoms with van der Waals surface area (Å²) in [5, 5.41) is 11.3. The first-order chi connectivity index (χ1) is 15.8. The number of carbonyl (C=O) groups is 3. The van der Waals surface area contributed by atoms with Crippen LogP contribution in [0.4, 0.5) is 11.4 Å². The van der Waals surface area contributed by atoms with Crippen molar-refractivity contribution < 1.29 is 28.8 Å². The van der Waals surface area contributed by atoms with Crippen LogP contribution < -0.4 is 14.4 Å². The molecule has 0 unspecified atom stereocenters. The predicted molar refractivity (Wildman–Crippen MR) is 118 cm³/mol. The number of benzene rings is 3. The van der Waals surface area contributed by atoms with Crippen LogP contribution in [0.3, 0.4) is 0 Å². The van der Waals surface area contributed by atoms with Gasteiger partial charge in [-0.05, 0) is 61.0 Å². The zero-order chi connectivity index (χ0) is 23.7. The van der Waals surface area contributed by atoms with E-state index in [0.717, 1.165) is 4.90 Å². The topological polar surface area (TPSA) is 116 Å². The van der Waals surface area contributed by atoms with E-state index in [1.54, 1.807) is 37.3 Å². The summed E-state index contributed by atoms with van der Waals surface area (Å²) < 4.78 is 10.7. The van der Waals surface area contributed by atoms with E-state index in [0.29, 0.717) is 22.6 Å². The number of imide groups is 1. The van der Waals surface area contributed by atoms with E-state index in [4.69, 9.17) is 9.47 Å². The fraction of sp³-hybridized carbons (Fsp3) is 0.125. The number of aryl methyl sites for hydroxylation is 1. The lowest BCUT2D eigenvalue weighted by Crippen LogP contribution is -2.30. The maximum Gasteiger partial charge on any atom is 0.283 e. The van der Waals surface area contributed by atoms with Crippen molar-refractivity contribution in [1.29, 1.82) is 0 Å². The monoisotopic (exact) mass is 446 g/mol. The van der Waals surface area contributed by atoms with Crippen LogP contribution >= 0.6 is 0 Å². The minimum atomic E-state index is -0.756. The molecule has 9 heteroatoms. The van der Waals surface area contributed by atoms with Crippen LogP contribution in [0, 0.1) is 17.0 Å². The van der Waals surface area contributed by atoms with Gasteiger partial charge in [0.15, 0.2) is 12.4 Å². The average molecular weight is 446 g/mol. The summed E-state index contributed by atoms with van der Waals surface area (Å²) in [7, 11) is 1.54. The molecule has 0 radical (unpaired) electrons. The SMILES string of the molecule is COc1ccc(C(=O)COc2ccc(N3C(=O)c4cccc([N+](=O)[O-])c4C3=O)c(C)c2)cc1. The molecule has 0 saturated heterocycles. The lowest BCUT2D eigenvalue weighted by atomic mass is 10.1. The summed E-state index contributed by atoms with van der Waals surface area (Å²) in [5.74, 6) is -0.608. The number of Topliss-reactive ketones (excluding diaryl/α,β-unsaturated/α-hetero) is 1. The van der Waals surface area contributed by atoms with Crippen molar-refractivity contribution in [2.75, 3.05) is 18.6 Å². The van der Waals surface area contributed by atoms with Gasteiger partial charge >= 0.3 is 0 Å². The van der Waals surface area contributed by atoms with Crippen molar-refractivity contribution in [2.45, 2.75) is 6.92 Å². The molecule has 1 heterocycles. The van der Waals surface area contributed by atoms with Crippen LogP contribution in [0.5, 0.6) is 11.5 Å². The van der Waals surface area contributed by atoms with Crippen molar-refractivity contribution >= 4 is 29.0 Å². The Morgan fingerprint density at radius 1 is 1.00 bits per heavy atom. The minimum absolute atomic E-state index is 0.0148. The summed E-state index contributed by atoms with van der Waals surface area (Å²) in [6.07, 6.45) is 0. The van der Waals surface area contributed by atoms with Gasteiger partial charge in [-0.25, -0.2) is 4.90 Å². The highest BCUT2D eigenvalue weighted by Crippen LogP contribution is 2.36. The number of rotatable bonds is 7. The number of methoxy groups -OCH3 is 1. The predicted octanol–water partition coefficient (Wildman–Crippen LogP) is 3.97. The normalized spacial score (nSPS) is 12.5. The second kappa shape index (κ2) is 8.54. The number of ketones is 1. The largest absolute Gasteiger partial charge is 0.497 e. The zero-order valence-electron chi connectivity index (χ0n) is 17.7. The van der Waals surface area contributed by atoms with E-state index in [-0.39, 0.29) is 29.2 Å². The summed E-state index contributed by atoms with van der Waals surface area (Å²) in [4.78, 5) is 49.6. The molecule has 4 rings (SSSR count). The molecular formula is C24H18N2O7. The number of amides is 2. The first-order valence-electron chi connectivity index (χ1n) is 9.88. The van der Waals surface area contributed by atoms with E-state index < -0.39 is 22.4 Å². The number of fused-ring (bicyclic) bond motifs is 1. The van der Waals surface area contributed by atoms with Crippen molar-refractivity contribution in [1.82, 2.24) is 0 Å². The first kappa shape index (κ1) is 21.7. The number of nitro benzene ring substituents is 1. The van der Waals surface area contributed by atoms with Gasteiger partial charge in [-0.15, -0.1) is 0 Å². The Hall–Kier alpha value is -4.53. The van der Waals surface area contributed by atoms with E-state index in [1.807, 2.05) is 0 Å². The van der Waals surface area contributed by atoms with Crippen LogP contribution in [0.15, 0.2) is 60.7 Å². The molecule has 1 aliphatic heterocycles. The number of hydrogen-bond acceptors (Lipinski definition) is 7. The maximum absolute atomic E-state index is 12.9. The summed E-state index contributed by atoms with van der Waals surface area (Å²) in [6, 6.07) is 15.2. The highest BCUT2D eigenvalue weighted by atomic mass is 16.6. The van der Waals surface area contributed by atoms with Crippen LogP contribution in [-0.2, 0) is 0 Å². The van der Waals surface area contributed by atoms with Crippen molar-refractivity contribution in [3.8, 4) is 11.5 Å². The van der Waals surface area contributed by atoms with Gasteiger partial charge < -0.3 is 9.47 Å². The molecular weight excluding hydrogens is 428 g/mol. The van der Waals surface area contributed by atoms with Gasteiger partial charge in [-0.1, -0.05) is 6.07 Å². The Morgan fingerprint density at radius 3 is 2.33 bits per heavy atom. The number of ether oxygens (including phenoxy) is 2. The Labute approximate surface area is 188 Å². The van der Waals surface area contributed by atoms with E-state index in [2.05, 4.69) is 0 Å². The molecule has 0 aliphatic carbocycles. The number of carbonyl (C=O) groups excluding carboxylic acids is 3. The average Bonchev–Trinajstić information content (AvgIpc) is 3.07. The molecule has 3 aromatic rings. The van der Waals surface area contributed by atoms with Gasteiger partial charge in [0.25, 0.3) is 17.5 Å². The molecule has 9 nitrogen and oxygen atoms in total. The number of nitrogens with zero attached hydrogens (tertiary/aromatic N) is 2. The summed E-state index contributed by atoms with van der Waals surface area (Å²) >= 11 is 0. The molecule has 0 atom stereocenters. The van der Waals surface area contributed by atoms with Crippen LogP contribution in [0.25, 0.3) is 0 Å². The molecule has 2 amide bonds. The first-order valence-corrected chi connectivity index (χ1v) is 9.88. The van der Waals surface area contributed by atoms with Crippen LogP contribution in [-0.4, -0.2) is 36.2 Å². The molecule has 0 bridgehead atoms. The molecule has 0 saturated carbocycles. The third-order valence-electron chi connectivity index (χ3n) is 5.28. The van der Waals surface area contributed by atoms with Crippen LogP contribution in [0.1, 0.15) is 36.6 Å². The molecule has 1 aliphatic rings. The Balaban J connectivity index is 1.52. The maximum atomic E-state index is 12.9. The van der Waals surface area contributed by atoms with Gasteiger partial charge in [-0.3, -0.25) is 24.5 Å². The van der Waals surface area contributed by atoms with Gasteiger partial charge in [0, 0.05) is 11.6 Å². The standard InChI is InChI=1S/C24H18N2O7/c1-14-12-17(33-13-21(27)15-6-8-16(32-2)9-7-15)10-11-19(14)25-23(28)18-4-3-5-20(26(30)31)22(18)24(25)29/h3-12H,13H2,1-2H3. The third kappa shape index (κ3) is 3.91. The van der Waals surface area contributed by atoms with E-state index in [9.17, 15) is 24.5 Å². The molecule has 33 heavy (non-hydrogen) atoms. The van der Waals surface area contributed by atoms with Gasteiger partial charge in [-0.2, -0.15) is 0 Å². The number of hydrogen-bond donors (Lipinski definition) is 0. The zero-order valence-corrected chi connectivity index (χ0v) is 17.7. The lowest BCUT2D eigenvalue weighted by Gasteiger charge is -2.17. The van der Waals surface area contributed by atoms with Gasteiger partial charge in [0.05, 0.1) is 23.3 Å². The Bertz CT molecular complexity index is 1300. The summed E-state index contributed by atoms with van der Waals surface area (Å²) in [6.45, 7) is 1.47. The third-order valence-corrected chi connectivity index (χ3v) is 5.28. The second-order valence-electron chi connectivity index (χ2n) is 7.29. The fourth-order valence-electron chi connectivity index (χ4n) is 3.62. The molecule has 3 aromatic carbocycles. The smallest absolute Gasteiger partial charge is 0.283 e.